The van der Waals surface area contributed by atoms with E-state index in [2.05, 4.69) is 17.5 Å². The first kappa shape index (κ1) is 16.2. The molecule has 110 valence electrons. The van der Waals surface area contributed by atoms with E-state index in [0.717, 1.165) is 12.1 Å². The van der Waals surface area contributed by atoms with E-state index in [4.69, 9.17) is 10.5 Å². The average molecular weight is 306 g/mol. The molecule has 0 saturated heterocycles. The van der Waals surface area contributed by atoms with E-state index in [1.165, 1.54) is 6.07 Å². The number of nitrogens with two attached hydrogens (primary N) is 1. The van der Waals surface area contributed by atoms with Crippen LogP contribution in [0.25, 0.3) is 0 Å². The van der Waals surface area contributed by atoms with Crippen molar-refractivity contribution in [3.8, 4) is 0 Å². The van der Waals surface area contributed by atoms with Crippen LogP contribution in [-0.2, 0) is 10.9 Å². The summed E-state index contributed by atoms with van der Waals surface area (Å²) >= 11 is 4.57. The lowest BCUT2D eigenvalue weighted by molar-refractivity contribution is -0.137. The molecular formula is C12H13F3N2O2S. The maximum absolute atomic E-state index is 12.9. The van der Waals surface area contributed by atoms with Gasteiger partial charge in [0.1, 0.15) is 4.99 Å². The summed E-state index contributed by atoms with van der Waals surface area (Å²) < 4.78 is 43.4. The normalized spacial score (nSPS) is 11.3. The third kappa shape index (κ3) is 4.37. The van der Waals surface area contributed by atoms with Crippen LogP contribution in [-0.4, -0.2) is 17.2 Å². The number of halogens is 3. The second-order valence-corrected chi connectivity index (χ2v) is 4.64. The van der Waals surface area contributed by atoms with Gasteiger partial charge in [0.15, 0.2) is 0 Å². The lowest BCUT2D eigenvalue weighted by Gasteiger charge is -2.15. The minimum atomic E-state index is -4.63. The summed E-state index contributed by atoms with van der Waals surface area (Å²) in [5.41, 5.74) is 3.89. The van der Waals surface area contributed by atoms with Gasteiger partial charge in [-0.2, -0.15) is 13.2 Å². The lowest BCUT2D eigenvalue weighted by Crippen LogP contribution is -2.20. The summed E-state index contributed by atoms with van der Waals surface area (Å²) in [4.78, 5) is 11.0. The van der Waals surface area contributed by atoms with Gasteiger partial charge in [-0.05, 0) is 32.0 Å². The molecular weight excluding hydrogens is 293 g/mol. The molecule has 0 bridgehead atoms. The third-order valence-corrected chi connectivity index (χ3v) is 2.40. The molecule has 0 aliphatic carbocycles. The SMILES string of the molecule is CC(C)OC(=O)Nc1ccc(C(N)=S)c(C(F)(F)F)c1. The van der Waals surface area contributed by atoms with Crippen LogP contribution in [0.5, 0.6) is 0 Å². The van der Waals surface area contributed by atoms with Gasteiger partial charge in [-0.3, -0.25) is 5.32 Å². The molecule has 1 aromatic rings. The van der Waals surface area contributed by atoms with E-state index in [-0.39, 0.29) is 22.3 Å². The Morgan fingerprint density at radius 2 is 2.00 bits per heavy atom. The van der Waals surface area contributed by atoms with Gasteiger partial charge in [-0.1, -0.05) is 12.2 Å². The van der Waals surface area contributed by atoms with Crippen LogP contribution in [0, 0.1) is 0 Å². The van der Waals surface area contributed by atoms with E-state index in [0.29, 0.717) is 0 Å². The molecule has 1 rings (SSSR count). The number of benzene rings is 1. The van der Waals surface area contributed by atoms with Crippen LogP contribution in [0.3, 0.4) is 0 Å². The highest BCUT2D eigenvalue weighted by Crippen LogP contribution is 2.33. The quantitative estimate of drug-likeness (QED) is 0.841. The van der Waals surface area contributed by atoms with Crippen LogP contribution in [0.1, 0.15) is 25.0 Å². The lowest BCUT2D eigenvalue weighted by atomic mass is 10.1. The first-order chi connectivity index (χ1) is 9.11. The Labute approximate surface area is 119 Å². The van der Waals surface area contributed by atoms with Crippen molar-refractivity contribution in [1.29, 1.82) is 0 Å². The van der Waals surface area contributed by atoms with Crippen molar-refractivity contribution < 1.29 is 22.7 Å². The topological polar surface area (TPSA) is 64.3 Å². The molecule has 4 nitrogen and oxygen atoms in total. The van der Waals surface area contributed by atoms with Gasteiger partial charge in [-0.25, -0.2) is 4.79 Å². The van der Waals surface area contributed by atoms with Gasteiger partial charge in [0.25, 0.3) is 0 Å². The number of amides is 1. The van der Waals surface area contributed by atoms with Gasteiger partial charge in [0, 0.05) is 11.3 Å². The van der Waals surface area contributed by atoms with Gasteiger partial charge >= 0.3 is 12.3 Å². The summed E-state index contributed by atoms with van der Waals surface area (Å²) in [5.74, 6) is 0. The number of hydrogen-bond donors (Lipinski definition) is 2. The fourth-order valence-corrected chi connectivity index (χ4v) is 1.61. The fraction of sp³-hybridized carbons (Fsp3) is 0.333. The van der Waals surface area contributed by atoms with E-state index < -0.39 is 17.8 Å². The minimum Gasteiger partial charge on any atom is -0.447 e. The first-order valence-corrected chi connectivity index (χ1v) is 6.00. The number of carbonyl (C=O) groups is 1. The Hall–Kier alpha value is -1.83. The van der Waals surface area contributed by atoms with E-state index in [9.17, 15) is 18.0 Å². The van der Waals surface area contributed by atoms with Crippen LogP contribution < -0.4 is 11.1 Å². The number of hydrogen-bond acceptors (Lipinski definition) is 3. The zero-order valence-corrected chi connectivity index (χ0v) is 11.6. The number of alkyl halides is 3. The summed E-state index contributed by atoms with van der Waals surface area (Å²) in [5, 5.41) is 2.21. The van der Waals surface area contributed by atoms with Crippen LogP contribution in [0.4, 0.5) is 23.7 Å². The van der Waals surface area contributed by atoms with Crippen molar-refractivity contribution in [3.63, 3.8) is 0 Å². The molecule has 0 aliphatic rings. The summed E-state index contributed by atoms with van der Waals surface area (Å²) in [6, 6.07) is 3.14. The Morgan fingerprint density at radius 1 is 1.40 bits per heavy atom. The second kappa shape index (κ2) is 6.08. The molecule has 0 aromatic heterocycles. The van der Waals surface area contributed by atoms with E-state index in [1.54, 1.807) is 13.8 Å². The van der Waals surface area contributed by atoms with Gasteiger partial charge in [0.2, 0.25) is 0 Å². The highest BCUT2D eigenvalue weighted by molar-refractivity contribution is 7.80. The maximum atomic E-state index is 12.9. The molecule has 0 unspecified atom stereocenters. The molecule has 8 heteroatoms. The van der Waals surface area contributed by atoms with E-state index in [1.807, 2.05) is 0 Å². The summed E-state index contributed by atoms with van der Waals surface area (Å²) in [6.07, 6.45) is -5.84. The van der Waals surface area contributed by atoms with Crippen molar-refractivity contribution in [2.24, 2.45) is 5.73 Å². The highest BCUT2D eigenvalue weighted by Gasteiger charge is 2.34. The molecule has 0 atom stereocenters. The molecule has 3 N–H and O–H groups in total. The summed E-state index contributed by atoms with van der Waals surface area (Å²) in [6.45, 7) is 3.24. The minimum absolute atomic E-state index is 0.0528. The molecule has 1 aromatic carbocycles. The number of rotatable bonds is 3. The van der Waals surface area contributed by atoms with Gasteiger partial charge in [0.05, 0.1) is 11.7 Å². The Bertz CT molecular complexity index is 530. The number of carbonyl (C=O) groups excluding carboxylic acids is 1. The molecule has 20 heavy (non-hydrogen) atoms. The standard InChI is InChI=1S/C12H13F3N2O2S/c1-6(2)19-11(18)17-7-3-4-8(10(16)20)9(5-7)12(13,14)15/h3-6H,1-2H3,(H2,16,20)(H,17,18). The fourth-order valence-electron chi connectivity index (χ4n) is 1.43. The van der Waals surface area contributed by atoms with Crippen LogP contribution in [0.2, 0.25) is 0 Å². The van der Waals surface area contributed by atoms with E-state index >= 15 is 0 Å². The number of thiocarbonyl (C=S) groups is 1. The molecule has 1 amide bonds. The monoisotopic (exact) mass is 306 g/mol. The zero-order valence-electron chi connectivity index (χ0n) is 10.7. The number of ether oxygens (including phenoxy) is 1. The first-order valence-electron chi connectivity index (χ1n) is 5.60. The Morgan fingerprint density at radius 3 is 2.45 bits per heavy atom. The molecule has 0 fully saturated rings. The van der Waals surface area contributed by atoms with Crippen molar-refractivity contribution in [2.45, 2.75) is 26.1 Å². The Kier molecular flexibility index (Phi) is 4.93. The number of nitrogens with one attached hydrogen (secondary N) is 1. The molecule has 0 aliphatic heterocycles. The zero-order chi connectivity index (χ0) is 15.5. The van der Waals surface area contributed by atoms with Gasteiger partial charge < -0.3 is 10.5 Å². The van der Waals surface area contributed by atoms with Gasteiger partial charge in [-0.15, -0.1) is 0 Å². The molecule has 0 radical (unpaired) electrons. The molecule has 0 heterocycles. The van der Waals surface area contributed by atoms with Crippen molar-refractivity contribution in [2.75, 3.05) is 5.32 Å². The second-order valence-electron chi connectivity index (χ2n) is 4.20. The smallest absolute Gasteiger partial charge is 0.417 e. The highest BCUT2D eigenvalue weighted by atomic mass is 32.1. The van der Waals surface area contributed by atoms with Crippen molar-refractivity contribution >= 4 is 29.0 Å². The largest absolute Gasteiger partial charge is 0.447 e. The van der Waals surface area contributed by atoms with Crippen LogP contribution in [0.15, 0.2) is 18.2 Å². The summed E-state index contributed by atoms with van der Waals surface area (Å²) in [7, 11) is 0. The predicted octanol–water partition coefficient (Wildman–Crippen LogP) is 3.30. The maximum Gasteiger partial charge on any atom is 0.417 e. The molecule has 0 spiro atoms. The average Bonchev–Trinajstić information content (AvgIpc) is 2.25. The number of anilines is 1. The predicted molar refractivity (Wildman–Crippen MR) is 72.6 cm³/mol. The van der Waals surface area contributed by atoms with Crippen molar-refractivity contribution in [1.82, 2.24) is 0 Å². The van der Waals surface area contributed by atoms with Crippen molar-refractivity contribution in [3.05, 3.63) is 29.3 Å². The molecule has 0 saturated carbocycles. The Balaban J connectivity index is 3.08. The van der Waals surface area contributed by atoms with Crippen LogP contribution >= 0.6 is 12.2 Å². The third-order valence-electron chi connectivity index (χ3n) is 2.18.